The van der Waals surface area contributed by atoms with Crippen LogP contribution in [0.2, 0.25) is 0 Å². The molecule has 0 saturated carbocycles. The van der Waals surface area contributed by atoms with Crippen molar-refractivity contribution in [1.29, 1.82) is 0 Å². The molecular formula is C14H15NO3S2. The van der Waals surface area contributed by atoms with E-state index in [-0.39, 0.29) is 10.6 Å². The Balaban J connectivity index is 2.14. The molecule has 2 aromatic carbocycles. The lowest BCUT2D eigenvalue weighted by molar-refractivity contribution is 0.475. The lowest BCUT2D eigenvalue weighted by Gasteiger charge is -2.06. The summed E-state index contributed by atoms with van der Waals surface area (Å²) in [6, 6.07) is 13.6. The van der Waals surface area contributed by atoms with E-state index in [1.54, 1.807) is 43.3 Å². The Labute approximate surface area is 122 Å². The van der Waals surface area contributed by atoms with Crippen molar-refractivity contribution >= 4 is 21.8 Å². The minimum Gasteiger partial charge on any atom is -0.508 e. The van der Waals surface area contributed by atoms with Gasteiger partial charge in [-0.25, -0.2) is 13.1 Å². The van der Waals surface area contributed by atoms with Gasteiger partial charge in [-0.15, -0.1) is 0 Å². The first-order valence-corrected chi connectivity index (χ1v) is 8.38. The van der Waals surface area contributed by atoms with Crippen LogP contribution in [0.25, 0.3) is 0 Å². The molecular weight excluding hydrogens is 294 g/mol. The first-order valence-electron chi connectivity index (χ1n) is 6.08. The van der Waals surface area contributed by atoms with E-state index < -0.39 is 10.0 Å². The molecule has 0 amide bonds. The van der Waals surface area contributed by atoms with Crippen LogP contribution in [0.3, 0.4) is 0 Å². The van der Waals surface area contributed by atoms with Gasteiger partial charge in [0.1, 0.15) is 5.75 Å². The number of benzene rings is 2. The molecule has 2 rings (SSSR count). The molecule has 0 unspecified atom stereocenters. The second-order valence-electron chi connectivity index (χ2n) is 4.07. The number of hydrogen-bond acceptors (Lipinski definition) is 4. The number of phenols is 1. The molecule has 0 atom stereocenters. The van der Waals surface area contributed by atoms with E-state index in [1.165, 1.54) is 11.8 Å². The predicted molar refractivity (Wildman–Crippen MR) is 79.5 cm³/mol. The summed E-state index contributed by atoms with van der Waals surface area (Å²) in [5.41, 5.74) is 0. The Morgan fingerprint density at radius 2 is 1.50 bits per heavy atom. The summed E-state index contributed by atoms with van der Waals surface area (Å²) in [4.78, 5) is 2.17. The average Bonchev–Trinajstić information content (AvgIpc) is 2.42. The second kappa shape index (κ2) is 6.30. The Bertz CT molecular complexity index is 665. The Morgan fingerprint density at radius 3 is 2.00 bits per heavy atom. The normalized spacial score (nSPS) is 11.4. The van der Waals surface area contributed by atoms with Crippen molar-refractivity contribution in [3.05, 3.63) is 48.5 Å². The van der Waals surface area contributed by atoms with Gasteiger partial charge >= 0.3 is 0 Å². The molecule has 20 heavy (non-hydrogen) atoms. The summed E-state index contributed by atoms with van der Waals surface area (Å²) < 4.78 is 26.0. The van der Waals surface area contributed by atoms with E-state index in [0.29, 0.717) is 6.54 Å². The molecule has 0 aliphatic heterocycles. The van der Waals surface area contributed by atoms with Crippen LogP contribution < -0.4 is 4.72 Å². The molecule has 0 aliphatic rings. The van der Waals surface area contributed by atoms with E-state index in [0.717, 1.165) is 9.79 Å². The molecule has 106 valence electrons. The lowest BCUT2D eigenvalue weighted by Crippen LogP contribution is -2.22. The van der Waals surface area contributed by atoms with Crippen molar-refractivity contribution in [3.63, 3.8) is 0 Å². The van der Waals surface area contributed by atoms with Crippen molar-refractivity contribution < 1.29 is 13.5 Å². The lowest BCUT2D eigenvalue weighted by atomic mass is 10.3. The number of aromatic hydroxyl groups is 1. The van der Waals surface area contributed by atoms with E-state index in [1.807, 2.05) is 12.1 Å². The molecule has 0 heterocycles. The molecule has 0 aromatic heterocycles. The molecule has 0 bridgehead atoms. The molecule has 0 aliphatic carbocycles. The van der Waals surface area contributed by atoms with Gasteiger partial charge in [0.25, 0.3) is 0 Å². The van der Waals surface area contributed by atoms with Gasteiger partial charge in [0.2, 0.25) is 10.0 Å². The van der Waals surface area contributed by atoms with E-state index in [2.05, 4.69) is 4.72 Å². The largest absolute Gasteiger partial charge is 0.508 e. The Hall–Kier alpha value is -1.50. The number of hydrogen-bond donors (Lipinski definition) is 2. The van der Waals surface area contributed by atoms with Crippen LogP contribution in [-0.2, 0) is 10.0 Å². The fourth-order valence-electron chi connectivity index (χ4n) is 1.61. The van der Waals surface area contributed by atoms with Crippen molar-refractivity contribution in [2.45, 2.75) is 21.6 Å². The monoisotopic (exact) mass is 309 g/mol. The first-order chi connectivity index (χ1) is 9.51. The molecule has 0 fully saturated rings. The van der Waals surface area contributed by atoms with Crippen molar-refractivity contribution in [1.82, 2.24) is 4.72 Å². The number of rotatable bonds is 5. The van der Waals surface area contributed by atoms with E-state index >= 15 is 0 Å². The first kappa shape index (κ1) is 14.9. The van der Waals surface area contributed by atoms with Gasteiger partial charge in [-0.05, 0) is 48.5 Å². The maximum Gasteiger partial charge on any atom is 0.240 e. The highest BCUT2D eigenvalue weighted by Gasteiger charge is 2.11. The summed E-state index contributed by atoms with van der Waals surface area (Å²) in [7, 11) is -3.40. The molecule has 6 heteroatoms. The molecule has 0 spiro atoms. The maximum absolute atomic E-state index is 11.8. The van der Waals surface area contributed by atoms with E-state index in [4.69, 9.17) is 0 Å². The van der Waals surface area contributed by atoms with Crippen molar-refractivity contribution in [2.75, 3.05) is 6.54 Å². The fourth-order valence-corrected chi connectivity index (χ4v) is 3.47. The molecule has 0 radical (unpaired) electrons. The van der Waals surface area contributed by atoms with Crippen LogP contribution in [0.15, 0.2) is 63.2 Å². The Kier molecular flexibility index (Phi) is 4.69. The Morgan fingerprint density at radius 1 is 1.00 bits per heavy atom. The third-order valence-electron chi connectivity index (χ3n) is 2.54. The highest BCUT2D eigenvalue weighted by molar-refractivity contribution is 7.99. The number of phenolic OH excluding ortho intramolecular Hbond substituents is 1. The average molecular weight is 309 g/mol. The third kappa shape index (κ3) is 3.75. The quantitative estimate of drug-likeness (QED) is 0.891. The molecule has 2 aromatic rings. The minimum atomic E-state index is -3.40. The zero-order valence-electron chi connectivity index (χ0n) is 10.9. The number of sulfonamides is 1. The maximum atomic E-state index is 11.8. The smallest absolute Gasteiger partial charge is 0.240 e. The summed E-state index contributed by atoms with van der Waals surface area (Å²) >= 11 is 1.50. The summed E-state index contributed by atoms with van der Waals surface area (Å²) in [6.45, 7) is 2.11. The fraction of sp³-hybridized carbons (Fsp3) is 0.143. The molecule has 0 saturated heterocycles. The minimum absolute atomic E-state index is 0.224. The topological polar surface area (TPSA) is 66.4 Å². The summed E-state index contributed by atoms with van der Waals surface area (Å²) in [5.74, 6) is 0.224. The van der Waals surface area contributed by atoms with Crippen LogP contribution in [0.1, 0.15) is 6.92 Å². The van der Waals surface area contributed by atoms with Crippen LogP contribution in [0.5, 0.6) is 5.75 Å². The predicted octanol–water partition coefficient (Wildman–Crippen LogP) is 2.84. The van der Waals surface area contributed by atoms with Gasteiger partial charge in [0.05, 0.1) is 4.90 Å². The van der Waals surface area contributed by atoms with Crippen LogP contribution >= 0.6 is 11.8 Å². The van der Waals surface area contributed by atoms with Gasteiger partial charge in [-0.3, -0.25) is 0 Å². The SMILES string of the molecule is CCNS(=O)(=O)c1ccc(Sc2ccc(O)cc2)cc1. The van der Waals surface area contributed by atoms with Gasteiger partial charge in [0.15, 0.2) is 0 Å². The molecule has 2 N–H and O–H groups in total. The highest BCUT2D eigenvalue weighted by atomic mass is 32.2. The van der Waals surface area contributed by atoms with Crippen LogP contribution in [-0.4, -0.2) is 20.1 Å². The van der Waals surface area contributed by atoms with Crippen LogP contribution in [0, 0.1) is 0 Å². The van der Waals surface area contributed by atoms with Crippen molar-refractivity contribution in [2.24, 2.45) is 0 Å². The van der Waals surface area contributed by atoms with Gasteiger partial charge in [-0.1, -0.05) is 18.7 Å². The van der Waals surface area contributed by atoms with Gasteiger partial charge < -0.3 is 5.11 Å². The zero-order valence-corrected chi connectivity index (χ0v) is 12.5. The number of nitrogens with one attached hydrogen (secondary N) is 1. The third-order valence-corrected chi connectivity index (χ3v) is 5.12. The highest BCUT2D eigenvalue weighted by Crippen LogP contribution is 2.29. The van der Waals surface area contributed by atoms with Crippen molar-refractivity contribution in [3.8, 4) is 5.75 Å². The zero-order chi connectivity index (χ0) is 14.6. The van der Waals surface area contributed by atoms with Crippen LogP contribution in [0.4, 0.5) is 0 Å². The standard InChI is InChI=1S/C14H15NO3S2/c1-2-15-20(17,18)14-9-7-13(8-10-14)19-12-5-3-11(16)4-6-12/h3-10,15-16H,2H2,1H3. The second-order valence-corrected chi connectivity index (χ2v) is 6.98. The summed E-state index contributed by atoms with van der Waals surface area (Å²) in [5, 5.41) is 9.22. The van der Waals surface area contributed by atoms with E-state index in [9.17, 15) is 13.5 Å². The van der Waals surface area contributed by atoms with Gasteiger partial charge in [-0.2, -0.15) is 0 Å². The molecule has 4 nitrogen and oxygen atoms in total. The van der Waals surface area contributed by atoms with Gasteiger partial charge in [0, 0.05) is 16.3 Å². The summed E-state index contributed by atoms with van der Waals surface area (Å²) in [6.07, 6.45) is 0.